The summed E-state index contributed by atoms with van der Waals surface area (Å²) in [7, 11) is 0. The third-order valence-electron chi connectivity index (χ3n) is 3.29. The van der Waals surface area contributed by atoms with Crippen molar-refractivity contribution in [2.75, 3.05) is 6.54 Å². The second-order valence-electron chi connectivity index (χ2n) is 4.88. The Labute approximate surface area is 121 Å². The molecule has 1 aliphatic heterocycles. The Bertz CT molecular complexity index is 532. The first-order chi connectivity index (χ1) is 9.47. The summed E-state index contributed by atoms with van der Waals surface area (Å²) in [6.07, 6.45) is 0.312. The molecule has 2 N–H and O–H groups in total. The fourth-order valence-corrected chi connectivity index (χ4v) is 2.21. The molecular formula is C14H16ClNO4. The lowest BCUT2D eigenvalue weighted by Gasteiger charge is -2.12. The van der Waals surface area contributed by atoms with Crippen molar-refractivity contribution in [1.29, 1.82) is 0 Å². The zero-order valence-electron chi connectivity index (χ0n) is 11.1. The zero-order chi connectivity index (χ0) is 14.7. The van der Waals surface area contributed by atoms with E-state index in [0.29, 0.717) is 30.2 Å². The highest BCUT2D eigenvalue weighted by Gasteiger charge is 2.29. The first kappa shape index (κ1) is 14.7. The second kappa shape index (κ2) is 6.13. The Balaban J connectivity index is 1.82. The Morgan fingerprint density at radius 3 is 3.00 bits per heavy atom. The van der Waals surface area contributed by atoms with E-state index in [0.717, 1.165) is 5.56 Å². The van der Waals surface area contributed by atoms with Crippen LogP contribution in [0, 0.1) is 5.92 Å². The molecule has 0 fully saturated rings. The number of nitrogens with one attached hydrogen (secondary N) is 1. The van der Waals surface area contributed by atoms with Crippen molar-refractivity contribution < 1.29 is 19.4 Å². The van der Waals surface area contributed by atoms with E-state index in [1.807, 2.05) is 0 Å². The molecule has 2 unspecified atom stereocenters. The van der Waals surface area contributed by atoms with Gasteiger partial charge in [-0.1, -0.05) is 18.5 Å². The highest BCUT2D eigenvalue weighted by Crippen LogP contribution is 2.31. The van der Waals surface area contributed by atoms with Crippen molar-refractivity contribution in [3.8, 4) is 5.75 Å². The Kier molecular flexibility index (Phi) is 4.49. The molecule has 0 aliphatic carbocycles. The first-order valence-electron chi connectivity index (χ1n) is 6.43. The first-order valence-corrected chi connectivity index (χ1v) is 6.80. The molecule has 0 spiro atoms. The van der Waals surface area contributed by atoms with Crippen LogP contribution in [0.25, 0.3) is 0 Å². The molecule has 1 amide bonds. The van der Waals surface area contributed by atoms with Crippen LogP contribution in [0.15, 0.2) is 18.2 Å². The molecule has 2 rings (SSSR count). The van der Waals surface area contributed by atoms with E-state index >= 15 is 0 Å². The average molecular weight is 298 g/mol. The number of rotatable bonds is 5. The third kappa shape index (κ3) is 3.42. The van der Waals surface area contributed by atoms with E-state index in [1.54, 1.807) is 25.1 Å². The predicted octanol–water partition coefficient (Wildman–Crippen LogP) is 1.87. The quantitative estimate of drug-likeness (QED) is 0.870. The largest absolute Gasteiger partial charge is 0.481 e. The number of halogens is 1. The summed E-state index contributed by atoms with van der Waals surface area (Å²) in [5.41, 5.74) is 0.913. The molecule has 1 aromatic carbocycles. The smallest absolute Gasteiger partial charge is 0.306 e. The van der Waals surface area contributed by atoms with Crippen LogP contribution < -0.4 is 10.1 Å². The molecule has 5 nitrogen and oxygen atoms in total. The minimum atomic E-state index is -0.863. The van der Waals surface area contributed by atoms with Gasteiger partial charge in [0.25, 0.3) is 5.91 Å². The lowest BCUT2D eigenvalue weighted by Crippen LogP contribution is -2.38. The molecule has 0 bridgehead atoms. The van der Waals surface area contributed by atoms with Crippen molar-refractivity contribution >= 4 is 23.5 Å². The number of benzene rings is 1. The third-order valence-corrected chi connectivity index (χ3v) is 3.52. The molecule has 0 aromatic heterocycles. The van der Waals surface area contributed by atoms with Gasteiger partial charge in [-0.25, -0.2) is 0 Å². The van der Waals surface area contributed by atoms with Crippen LogP contribution in [-0.4, -0.2) is 29.6 Å². The van der Waals surface area contributed by atoms with Gasteiger partial charge >= 0.3 is 5.97 Å². The van der Waals surface area contributed by atoms with Gasteiger partial charge in [0.05, 0.1) is 5.92 Å². The number of hydrogen-bond donors (Lipinski definition) is 2. The molecular weight excluding hydrogens is 282 g/mol. The lowest BCUT2D eigenvalue weighted by molar-refractivity contribution is -0.141. The average Bonchev–Trinajstić information content (AvgIpc) is 2.81. The van der Waals surface area contributed by atoms with E-state index < -0.39 is 18.0 Å². The number of ether oxygens (including phenoxy) is 1. The fourth-order valence-electron chi connectivity index (χ4n) is 2.01. The molecule has 1 aromatic rings. The van der Waals surface area contributed by atoms with Crippen LogP contribution in [0.4, 0.5) is 0 Å². The van der Waals surface area contributed by atoms with E-state index in [4.69, 9.17) is 21.4 Å². The minimum absolute atomic E-state index is 0.227. The normalized spacial score (nSPS) is 18.0. The molecule has 0 saturated carbocycles. The number of amides is 1. The maximum Gasteiger partial charge on any atom is 0.306 e. The van der Waals surface area contributed by atoms with Gasteiger partial charge in [-0.15, -0.1) is 0 Å². The van der Waals surface area contributed by atoms with Gasteiger partial charge in [0.1, 0.15) is 5.75 Å². The minimum Gasteiger partial charge on any atom is -0.481 e. The summed E-state index contributed by atoms with van der Waals surface area (Å²) in [6, 6.07) is 5.25. The van der Waals surface area contributed by atoms with E-state index in [1.165, 1.54) is 0 Å². The number of aliphatic carboxylic acids is 1. The van der Waals surface area contributed by atoms with Crippen molar-refractivity contribution in [2.24, 2.45) is 5.92 Å². The lowest BCUT2D eigenvalue weighted by atomic mass is 10.1. The fraction of sp³-hybridized carbons (Fsp3) is 0.429. The number of carbonyl (C=O) groups is 2. The van der Waals surface area contributed by atoms with Crippen LogP contribution in [0.3, 0.4) is 0 Å². The van der Waals surface area contributed by atoms with Gasteiger partial charge in [0.2, 0.25) is 0 Å². The number of fused-ring (bicyclic) bond motifs is 1. The van der Waals surface area contributed by atoms with Gasteiger partial charge in [0.15, 0.2) is 6.10 Å². The van der Waals surface area contributed by atoms with E-state index in [9.17, 15) is 9.59 Å². The molecule has 2 atom stereocenters. The SMILES string of the molecule is CC(CCNC(=O)C1Cc2cc(Cl)ccc2O1)C(=O)O. The molecule has 108 valence electrons. The number of carbonyl (C=O) groups excluding carboxylic acids is 1. The number of hydrogen-bond acceptors (Lipinski definition) is 3. The van der Waals surface area contributed by atoms with Crippen molar-refractivity contribution in [3.05, 3.63) is 28.8 Å². The monoisotopic (exact) mass is 297 g/mol. The maximum absolute atomic E-state index is 11.9. The molecule has 20 heavy (non-hydrogen) atoms. The van der Waals surface area contributed by atoms with Crippen LogP contribution in [0.5, 0.6) is 5.75 Å². The summed E-state index contributed by atoms with van der Waals surface area (Å²) in [4.78, 5) is 22.6. The summed E-state index contributed by atoms with van der Waals surface area (Å²) in [5, 5.41) is 12.1. The molecule has 1 aliphatic rings. The van der Waals surface area contributed by atoms with E-state index in [2.05, 4.69) is 5.32 Å². The van der Waals surface area contributed by atoms with Gasteiger partial charge in [-0.2, -0.15) is 0 Å². The summed E-state index contributed by atoms with van der Waals surface area (Å²) < 4.78 is 5.54. The molecule has 0 radical (unpaired) electrons. The maximum atomic E-state index is 11.9. The summed E-state index contributed by atoms with van der Waals surface area (Å²) in [6.45, 7) is 1.93. The van der Waals surface area contributed by atoms with Crippen molar-refractivity contribution in [2.45, 2.75) is 25.9 Å². The van der Waals surface area contributed by atoms with Crippen molar-refractivity contribution in [3.63, 3.8) is 0 Å². The number of carboxylic acids is 1. The Hall–Kier alpha value is -1.75. The van der Waals surface area contributed by atoms with Crippen LogP contribution >= 0.6 is 11.6 Å². The van der Waals surface area contributed by atoms with Gasteiger partial charge in [-0.05, 0) is 30.2 Å². The molecule has 1 heterocycles. The summed E-state index contributed by atoms with van der Waals surface area (Å²) >= 11 is 5.89. The Morgan fingerprint density at radius 2 is 2.30 bits per heavy atom. The van der Waals surface area contributed by atoms with Crippen LogP contribution in [0.1, 0.15) is 18.9 Å². The van der Waals surface area contributed by atoms with Gasteiger partial charge < -0.3 is 15.2 Å². The second-order valence-corrected chi connectivity index (χ2v) is 5.32. The van der Waals surface area contributed by atoms with Gasteiger partial charge in [-0.3, -0.25) is 9.59 Å². The standard InChI is InChI=1S/C14H16ClNO4/c1-8(14(18)19)4-5-16-13(17)12-7-9-6-10(15)2-3-11(9)20-12/h2-3,6,8,12H,4-5,7H2,1H3,(H,16,17)(H,18,19). The van der Waals surface area contributed by atoms with Crippen LogP contribution in [0.2, 0.25) is 5.02 Å². The van der Waals surface area contributed by atoms with E-state index in [-0.39, 0.29) is 5.91 Å². The highest BCUT2D eigenvalue weighted by atomic mass is 35.5. The molecule has 0 saturated heterocycles. The number of carboxylic acid groups (broad SMARTS) is 1. The van der Waals surface area contributed by atoms with Gasteiger partial charge in [0, 0.05) is 18.0 Å². The topological polar surface area (TPSA) is 75.6 Å². The highest BCUT2D eigenvalue weighted by molar-refractivity contribution is 6.30. The van der Waals surface area contributed by atoms with Crippen molar-refractivity contribution in [1.82, 2.24) is 5.32 Å². The predicted molar refractivity (Wildman–Crippen MR) is 74.0 cm³/mol. The molecule has 6 heteroatoms. The summed E-state index contributed by atoms with van der Waals surface area (Å²) in [5.74, 6) is -0.891. The Morgan fingerprint density at radius 1 is 1.55 bits per heavy atom. The van der Waals surface area contributed by atoms with Crippen LogP contribution in [-0.2, 0) is 16.0 Å². The zero-order valence-corrected chi connectivity index (χ0v) is 11.8.